The number of carboxylic acid groups (broad SMARTS) is 1. The van der Waals surface area contributed by atoms with Gasteiger partial charge in [-0.15, -0.1) is 0 Å². The number of aryl methyl sites for hydroxylation is 1. The molecule has 1 aliphatic heterocycles. The number of ether oxygens (including phenoxy) is 1. The van der Waals surface area contributed by atoms with Crippen LogP contribution in [0.15, 0.2) is 52.4 Å². The Morgan fingerprint density at radius 3 is 2.70 bits per heavy atom. The number of carboxylic acids is 1. The number of carbonyl (C=O) groups is 2. The molecule has 0 aromatic heterocycles. The molecule has 8 heteroatoms. The predicted molar refractivity (Wildman–Crippen MR) is 104 cm³/mol. The van der Waals surface area contributed by atoms with E-state index in [9.17, 15) is 14.7 Å². The molecule has 3 rings (SSSR count). The number of aliphatic carboxylic acids is 1. The van der Waals surface area contributed by atoms with E-state index < -0.39 is 12.6 Å². The first kappa shape index (κ1) is 19.0. The monoisotopic (exact) mass is 401 g/mol. The van der Waals surface area contributed by atoms with Gasteiger partial charge in [0.25, 0.3) is 5.91 Å². The molecule has 1 heterocycles. The number of thioether (sulfide) groups is 1. The van der Waals surface area contributed by atoms with E-state index in [2.05, 4.69) is 10.3 Å². The molecule has 1 amide bonds. The number of hydrogen-bond acceptors (Lipinski definition) is 6. The minimum Gasteiger partial charge on any atom is -0.546 e. The van der Waals surface area contributed by atoms with Crippen LogP contribution in [-0.2, 0) is 9.59 Å². The van der Waals surface area contributed by atoms with Crippen LogP contribution in [0.5, 0.6) is 5.75 Å². The average Bonchev–Trinajstić information content (AvgIpc) is 2.95. The van der Waals surface area contributed by atoms with E-state index in [1.165, 1.54) is 17.8 Å². The fourth-order valence-electron chi connectivity index (χ4n) is 2.23. The van der Waals surface area contributed by atoms with Gasteiger partial charge in [-0.3, -0.25) is 4.79 Å². The second-order valence-electron chi connectivity index (χ2n) is 5.67. The normalized spacial score (nSPS) is 16.6. The number of benzene rings is 2. The molecule has 0 bridgehead atoms. The van der Waals surface area contributed by atoms with Crippen LogP contribution in [0.3, 0.4) is 0 Å². The van der Waals surface area contributed by atoms with Crippen LogP contribution in [0.1, 0.15) is 11.1 Å². The molecule has 0 aliphatic carbocycles. The van der Waals surface area contributed by atoms with Gasteiger partial charge in [0.15, 0.2) is 5.17 Å². The number of nitrogens with zero attached hydrogens (tertiary/aromatic N) is 1. The van der Waals surface area contributed by atoms with Gasteiger partial charge in [-0.05, 0) is 54.6 Å². The van der Waals surface area contributed by atoms with E-state index in [0.29, 0.717) is 15.6 Å². The molecule has 1 N–H and O–H groups in total. The van der Waals surface area contributed by atoms with Crippen molar-refractivity contribution in [2.45, 2.75) is 6.92 Å². The first-order valence-electron chi connectivity index (χ1n) is 7.89. The zero-order chi connectivity index (χ0) is 19.4. The maximum Gasteiger partial charge on any atom is 0.264 e. The second kappa shape index (κ2) is 8.28. The quantitative estimate of drug-likeness (QED) is 0.778. The lowest BCUT2D eigenvalue weighted by atomic mass is 10.2. The highest BCUT2D eigenvalue weighted by Gasteiger charge is 2.23. The Hall–Kier alpha value is -2.77. The molecule has 27 heavy (non-hydrogen) atoms. The van der Waals surface area contributed by atoms with Gasteiger partial charge in [-0.25, -0.2) is 4.99 Å². The summed E-state index contributed by atoms with van der Waals surface area (Å²) in [5.74, 6) is -1.36. The Morgan fingerprint density at radius 2 is 2.04 bits per heavy atom. The number of amides is 1. The van der Waals surface area contributed by atoms with Crippen LogP contribution in [0.25, 0.3) is 6.08 Å². The van der Waals surface area contributed by atoms with E-state index in [1.54, 1.807) is 18.2 Å². The van der Waals surface area contributed by atoms with Crippen LogP contribution in [-0.4, -0.2) is 23.7 Å². The molecule has 2 aromatic rings. The molecule has 0 saturated carbocycles. The molecule has 2 aromatic carbocycles. The number of nitrogens with one attached hydrogen (secondary N) is 1. The number of hydrogen-bond donors (Lipinski definition) is 1. The third kappa shape index (κ3) is 5.12. The molecule has 1 saturated heterocycles. The lowest BCUT2D eigenvalue weighted by Gasteiger charge is -2.08. The molecule has 1 aliphatic rings. The number of carbonyl (C=O) groups excluding carboxylic acids is 2. The van der Waals surface area contributed by atoms with Gasteiger partial charge in [-0.1, -0.05) is 35.4 Å². The summed E-state index contributed by atoms with van der Waals surface area (Å²) in [5.41, 5.74) is 2.56. The third-order valence-electron chi connectivity index (χ3n) is 3.51. The maximum atomic E-state index is 12.2. The molecule has 138 valence electrons. The van der Waals surface area contributed by atoms with Gasteiger partial charge < -0.3 is 20.0 Å². The summed E-state index contributed by atoms with van der Waals surface area (Å²) < 4.78 is 5.02. The molecular weight excluding hydrogens is 388 g/mol. The molecule has 6 nitrogen and oxygen atoms in total. The molecule has 1 fully saturated rings. The Kier molecular flexibility index (Phi) is 5.83. The summed E-state index contributed by atoms with van der Waals surface area (Å²) in [6.45, 7) is 1.40. The summed E-state index contributed by atoms with van der Waals surface area (Å²) in [6.07, 6.45) is 1.67. The summed E-state index contributed by atoms with van der Waals surface area (Å²) in [7, 11) is 0. The minimum atomic E-state index is -1.34. The second-order valence-corrected chi connectivity index (χ2v) is 7.11. The fourth-order valence-corrected chi connectivity index (χ4v) is 3.31. The summed E-state index contributed by atoms with van der Waals surface area (Å²) >= 11 is 7.31. The zero-order valence-corrected chi connectivity index (χ0v) is 15.8. The smallest absolute Gasteiger partial charge is 0.264 e. The third-order valence-corrected chi connectivity index (χ3v) is 4.72. The predicted octanol–water partition coefficient (Wildman–Crippen LogP) is 2.67. The Labute approximate surface area is 164 Å². The molecule has 0 atom stereocenters. The molecule has 0 spiro atoms. The van der Waals surface area contributed by atoms with E-state index in [0.717, 1.165) is 11.3 Å². The van der Waals surface area contributed by atoms with Gasteiger partial charge in [0, 0.05) is 0 Å². The van der Waals surface area contributed by atoms with Crippen molar-refractivity contribution in [3.8, 4) is 5.75 Å². The van der Waals surface area contributed by atoms with Crippen molar-refractivity contribution in [2.75, 3.05) is 6.61 Å². The first-order valence-corrected chi connectivity index (χ1v) is 9.08. The van der Waals surface area contributed by atoms with Crippen molar-refractivity contribution in [3.05, 3.63) is 63.5 Å². The highest BCUT2D eigenvalue weighted by atomic mass is 35.5. The maximum absolute atomic E-state index is 12.2. The van der Waals surface area contributed by atoms with E-state index >= 15 is 0 Å². The van der Waals surface area contributed by atoms with Crippen molar-refractivity contribution >= 4 is 52.2 Å². The van der Waals surface area contributed by atoms with Crippen LogP contribution < -0.4 is 15.2 Å². The largest absolute Gasteiger partial charge is 0.546 e. The van der Waals surface area contributed by atoms with Crippen LogP contribution in [0, 0.1) is 6.92 Å². The van der Waals surface area contributed by atoms with Crippen molar-refractivity contribution in [1.82, 2.24) is 5.32 Å². The molecule has 0 radical (unpaired) electrons. The number of amidine groups is 1. The average molecular weight is 402 g/mol. The standard InChI is InChI=1S/C19H15ClN2O4S/c1-11-2-5-13(6-3-11)21-19-22-18(25)16(27-19)9-12-4-7-15(14(20)8-12)26-10-17(23)24/h2-9H,10H2,1H3,(H,23,24)(H,21,22,25)/p-1/b16-9+. The van der Waals surface area contributed by atoms with E-state index in [4.69, 9.17) is 16.3 Å². The SMILES string of the molecule is Cc1ccc(N=C2NC(=O)/C(=C\c3ccc(OCC(=O)[O-])c(Cl)c3)S2)cc1. The molecule has 0 unspecified atom stereocenters. The highest BCUT2D eigenvalue weighted by Crippen LogP contribution is 2.31. The Bertz CT molecular complexity index is 955. The van der Waals surface area contributed by atoms with Crippen molar-refractivity contribution in [3.63, 3.8) is 0 Å². The number of halogens is 1. The topological polar surface area (TPSA) is 90.8 Å². The van der Waals surface area contributed by atoms with Gasteiger partial charge in [0.05, 0.1) is 21.6 Å². The zero-order valence-electron chi connectivity index (χ0n) is 14.2. The van der Waals surface area contributed by atoms with E-state index in [1.807, 2.05) is 31.2 Å². The summed E-state index contributed by atoms with van der Waals surface area (Å²) in [5, 5.41) is 13.9. The van der Waals surface area contributed by atoms with Gasteiger partial charge in [0.1, 0.15) is 12.4 Å². The van der Waals surface area contributed by atoms with Gasteiger partial charge in [0.2, 0.25) is 0 Å². The lowest BCUT2D eigenvalue weighted by molar-refractivity contribution is -0.307. The van der Waals surface area contributed by atoms with Crippen molar-refractivity contribution in [1.29, 1.82) is 0 Å². The minimum absolute atomic E-state index is 0.230. The Morgan fingerprint density at radius 1 is 1.30 bits per heavy atom. The first-order chi connectivity index (χ1) is 12.9. The Balaban J connectivity index is 1.75. The van der Waals surface area contributed by atoms with Gasteiger partial charge >= 0.3 is 0 Å². The fraction of sp³-hybridized carbons (Fsp3) is 0.105. The number of aliphatic imine (C=N–C) groups is 1. The van der Waals surface area contributed by atoms with Crippen molar-refractivity contribution < 1.29 is 19.4 Å². The molecular formula is C19H14ClN2O4S-. The van der Waals surface area contributed by atoms with E-state index in [-0.39, 0.29) is 16.7 Å². The van der Waals surface area contributed by atoms with Crippen LogP contribution in [0.2, 0.25) is 5.02 Å². The summed E-state index contributed by atoms with van der Waals surface area (Å²) in [6, 6.07) is 12.4. The van der Waals surface area contributed by atoms with Gasteiger partial charge in [-0.2, -0.15) is 0 Å². The number of rotatable bonds is 5. The highest BCUT2D eigenvalue weighted by molar-refractivity contribution is 8.18. The summed E-state index contributed by atoms with van der Waals surface area (Å²) in [4.78, 5) is 27.5. The lowest BCUT2D eigenvalue weighted by Crippen LogP contribution is -2.28. The van der Waals surface area contributed by atoms with Crippen molar-refractivity contribution in [2.24, 2.45) is 4.99 Å². The van der Waals surface area contributed by atoms with Crippen LogP contribution in [0.4, 0.5) is 5.69 Å². The van der Waals surface area contributed by atoms with Crippen LogP contribution >= 0.6 is 23.4 Å².